The molecule has 1 fully saturated rings. The number of anilines is 1. The molecule has 0 aromatic heterocycles. The normalized spacial score (nSPS) is 15.5. The van der Waals surface area contributed by atoms with Crippen LogP contribution in [-0.4, -0.2) is 37.4 Å². The largest absolute Gasteiger partial charge is 0.368 e. The molecule has 1 aliphatic heterocycles. The summed E-state index contributed by atoms with van der Waals surface area (Å²) in [5, 5.41) is 6.74. The van der Waals surface area contributed by atoms with Crippen molar-refractivity contribution in [2.45, 2.75) is 6.92 Å². The number of nitrogens with zero attached hydrogens (tertiary/aromatic N) is 3. The average molecular weight is 358 g/mol. The number of hydrogen-bond donors (Lipinski definition) is 0. The fourth-order valence-electron chi connectivity index (χ4n) is 2.52. The first-order valence-corrected chi connectivity index (χ1v) is 8.36. The number of hydrazone groups is 1. The summed E-state index contributed by atoms with van der Waals surface area (Å²) in [6.45, 7) is 6.07. The highest BCUT2D eigenvalue weighted by Gasteiger charge is 2.15. The Kier molecular flexibility index (Phi) is 4.78. The molecule has 0 aliphatic carbocycles. The fraction of sp³-hybridized carbons (Fsp3) is 0.278. The van der Waals surface area contributed by atoms with E-state index in [0.717, 1.165) is 36.2 Å². The van der Waals surface area contributed by atoms with E-state index in [9.17, 15) is 0 Å². The van der Waals surface area contributed by atoms with E-state index in [1.807, 2.05) is 18.3 Å². The maximum atomic E-state index is 4.59. The number of benzene rings is 2. The van der Waals surface area contributed by atoms with E-state index in [1.54, 1.807) is 0 Å². The summed E-state index contributed by atoms with van der Waals surface area (Å²) in [6.07, 6.45) is 1.94. The maximum absolute atomic E-state index is 4.59. The third-order valence-electron chi connectivity index (χ3n) is 3.90. The summed E-state index contributed by atoms with van der Waals surface area (Å²) < 4.78 is 1.09. The number of rotatable bonds is 3. The monoisotopic (exact) mass is 357 g/mol. The SMILES string of the molecule is Cc1ccc(N2CCN(/N=C\c3ccc(Br)cc3)CC2)cc1. The highest BCUT2D eigenvalue weighted by Crippen LogP contribution is 2.17. The Balaban J connectivity index is 1.55. The van der Waals surface area contributed by atoms with Gasteiger partial charge in [-0.3, -0.25) is 5.01 Å². The minimum Gasteiger partial charge on any atom is -0.368 e. The van der Waals surface area contributed by atoms with Crippen LogP contribution in [0.4, 0.5) is 5.69 Å². The van der Waals surface area contributed by atoms with Crippen molar-refractivity contribution in [1.82, 2.24) is 5.01 Å². The molecule has 0 spiro atoms. The molecule has 1 heterocycles. The first-order valence-electron chi connectivity index (χ1n) is 7.57. The third-order valence-corrected chi connectivity index (χ3v) is 4.42. The summed E-state index contributed by atoms with van der Waals surface area (Å²) in [5.41, 5.74) is 3.74. The van der Waals surface area contributed by atoms with Gasteiger partial charge in [0, 0.05) is 23.2 Å². The Labute approximate surface area is 140 Å². The van der Waals surface area contributed by atoms with Crippen LogP contribution in [0.5, 0.6) is 0 Å². The fourth-order valence-corrected chi connectivity index (χ4v) is 2.79. The van der Waals surface area contributed by atoms with E-state index in [2.05, 4.69) is 74.3 Å². The minimum atomic E-state index is 0.959. The lowest BCUT2D eigenvalue weighted by Crippen LogP contribution is -2.44. The zero-order valence-electron chi connectivity index (χ0n) is 12.7. The first kappa shape index (κ1) is 15.1. The maximum Gasteiger partial charge on any atom is 0.0542 e. The molecule has 1 aliphatic rings. The lowest BCUT2D eigenvalue weighted by Gasteiger charge is -2.34. The topological polar surface area (TPSA) is 18.8 Å². The molecule has 0 amide bonds. The predicted octanol–water partition coefficient (Wildman–Crippen LogP) is 3.91. The number of aryl methyl sites for hydroxylation is 1. The minimum absolute atomic E-state index is 0.959. The Bertz CT molecular complexity index is 626. The van der Waals surface area contributed by atoms with E-state index in [4.69, 9.17) is 0 Å². The van der Waals surface area contributed by atoms with Crippen LogP contribution < -0.4 is 4.90 Å². The van der Waals surface area contributed by atoms with Gasteiger partial charge in [-0.05, 0) is 36.8 Å². The van der Waals surface area contributed by atoms with Gasteiger partial charge in [-0.2, -0.15) is 5.10 Å². The predicted molar refractivity (Wildman–Crippen MR) is 96.7 cm³/mol. The van der Waals surface area contributed by atoms with Gasteiger partial charge in [0.05, 0.1) is 19.3 Å². The van der Waals surface area contributed by atoms with Gasteiger partial charge in [-0.1, -0.05) is 45.8 Å². The highest BCUT2D eigenvalue weighted by molar-refractivity contribution is 9.10. The smallest absolute Gasteiger partial charge is 0.0542 e. The van der Waals surface area contributed by atoms with Gasteiger partial charge >= 0.3 is 0 Å². The Morgan fingerprint density at radius 2 is 1.55 bits per heavy atom. The van der Waals surface area contributed by atoms with E-state index >= 15 is 0 Å². The Morgan fingerprint density at radius 1 is 0.909 bits per heavy atom. The number of halogens is 1. The van der Waals surface area contributed by atoms with Crippen molar-refractivity contribution < 1.29 is 0 Å². The van der Waals surface area contributed by atoms with Gasteiger partial charge in [0.1, 0.15) is 0 Å². The van der Waals surface area contributed by atoms with Crippen molar-refractivity contribution in [2.75, 3.05) is 31.1 Å². The molecule has 3 rings (SSSR count). The second-order valence-electron chi connectivity index (χ2n) is 5.57. The molecule has 4 heteroatoms. The molecule has 2 aromatic rings. The number of hydrogen-bond acceptors (Lipinski definition) is 3. The molecule has 0 radical (unpaired) electrons. The lowest BCUT2D eigenvalue weighted by molar-refractivity contribution is 0.272. The lowest BCUT2D eigenvalue weighted by atomic mass is 10.2. The summed E-state index contributed by atoms with van der Waals surface area (Å²) in [5.74, 6) is 0. The van der Waals surface area contributed by atoms with Gasteiger partial charge in [0.2, 0.25) is 0 Å². The third kappa shape index (κ3) is 3.89. The zero-order chi connectivity index (χ0) is 15.4. The molecule has 0 N–H and O–H groups in total. The number of piperazine rings is 1. The van der Waals surface area contributed by atoms with Gasteiger partial charge in [-0.15, -0.1) is 0 Å². The summed E-state index contributed by atoms with van der Waals surface area (Å²) in [7, 11) is 0. The van der Waals surface area contributed by atoms with Crippen LogP contribution in [0.2, 0.25) is 0 Å². The highest BCUT2D eigenvalue weighted by atomic mass is 79.9. The van der Waals surface area contributed by atoms with Crippen LogP contribution in [-0.2, 0) is 0 Å². The zero-order valence-corrected chi connectivity index (χ0v) is 14.3. The van der Waals surface area contributed by atoms with Gasteiger partial charge in [0.25, 0.3) is 0 Å². The van der Waals surface area contributed by atoms with Crippen molar-refractivity contribution in [3.63, 3.8) is 0 Å². The molecular formula is C18H20BrN3. The van der Waals surface area contributed by atoms with E-state index in [-0.39, 0.29) is 0 Å². The standard InChI is InChI=1S/C18H20BrN3/c1-15-2-8-18(9-3-15)21-10-12-22(13-11-21)20-14-16-4-6-17(19)7-5-16/h2-9,14H,10-13H2,1H3/b20-14-. The molecule has 2 aromatic carbocycles. The van der Waals surface area contributed by atoms with Crippen LogP contribution in [0.3, 0.4) is 0 Å². The van der Waals surface area contributed by atoms with Gasteiger partial charge < -0.3 is 4.90 Å². The molecule has 22 heavy (non-hydrogen) atoms. The van der Waals surface area contributed by atoms with Crippen molar-refractivity contribution >= 4 is 27.8 Å². The molecule has 0 saturated carbocycles. The van der Waals surface area contributed by atoms with Crippen molar-refractivity contribution in [2.24, 2.45) is 5.10 Å². The first-order chi connectivity index (χ1) is 10.7. The van der Waals surface area contributed by atoms with Crippen molar-refractivity contribution in [1.29, 1.82) is 0 Å². The second kappa shape index (κ2) is 6.97. The molecule has 3 nitrogen and oxygen atoms in total. The van der Waals surface area contributed by atoms with Crippen LogP contribution in [0.25, 0.3) is 0 Å². The summed E-state index contributed by atoms with van der Waals surface area (Å²) in [4.78, 5) is 2.42. The molecule has 0 unspecified atom stereocenters. The Hall–Kier alpha value is -1.81. The molecule has 0 bridgehead atoms. The van der Waals surface area contributed by atoms with Crippen molar-refractivity contribution in [3.05, 3.63) is 64.1 Å². The average Bonchev–Trinajstić information content (AvgIpc) is 2.56. The van der Waals surface area contributed by atoms with E-state index in [1.165, 1.54) is 11.3 Å². The summed E-state index contributed by atoms with van der Waals surface area (Å²) in [6, 6.07) is 17.0. The quantitative estimate of drug-likeness (QED) is 0.775. The molecule has 0 atom stereocenters. The van der Waals surface area contributed by atoms with E-state index in [0.29, 0.717) is 0 Å². The van der Waals surface area contributed by atoms with Gasteiger partial charge in [0.15, 0.2) is 0 Å². The molecular weight excluding hydrogens is 338 g/mol. The van der Waals surface area contributed by atoms with Crippen LogP contribution in [0, 0.1) is 6.92 Å². The Morgan fingerprint density at radius 3 is 2.18 bits per heavy atom. The summed E-state index contributed by atoms with van der Waals surface area (Å²) >= 11 is 3.45. The van der Waals surface area contributed by atoms with Crippen molar-refractivity contribution in [3.8, 4) is 0 Å². The van der Waals surface area contributed by atoms with E-state index < -0.39 is 0 Å². The molecule has 1 saturated heterocycles. The van der Waals surface area contributed by atoms with Crippen LogP contribution in [0.15, 0.2) is 58.1 Å². The second-order valence-corrected chi connectivity index (χ2v) is 6.49. The van der Waals surface area contributed by atoms with Gasteiger partial charge in [-0.25, -0.2) is 0 Å². The molecule has 114 valence electrons. The van der Waals surface area contributed by atoms with Crippen LogP contribution >= 0.6 is 15.9 Å². The van der Waals surface area contributed by atoms with Crippen LogP contribution in [0.1, 0.15) is 11.1 Å².